The fourth-order valence-electron chi connectivity index (χ4n) is 8.85. The molecule has 11 aromatic rings. The van der Waals surface area contributed by atoms with Crippen LogP contribution in [-0.4, -0.2) is 9.97 Å². The van der Waals surface area contributed by atoms with Gasteiger partial charge in [-0.2, -0.15) is 0 Å². The van der Waals surface area contributed by atoms with Crippen LogP contribution in [0.25, 0.3) is 122 Å². The molecule has 0 bridgehead atoms. The third-order valence-electron chi connectivity index (χ3n) is 11.6. The molecule has 12 rings (SSSR count). The van der Waals surface area contributed by atoms with Crippen LogP contribution in [0.5, 0.6) is 0 Å². The number of benzene rings is 9. The van der Waals surface area contributed by atoms with E-state index in [2.05, 4.69) is 188 Å². The number of rotatable bonds is 5. The molecule has 3 nitrogen and oxygen atoms in total. The predicted octanol–water partition coefficient (Wildman–Crippen LogP) is 14.7. The highest BCUT2D eigenvalue weighted by Crippen LogP contribution is 2.51. The number of nitrogens with zero attached hydrogens (tertiary/aromatic N) is 2. The Hall–Kier alpha value is -7.62. The monoisotopic (exact) mass is 724 g/mol. The molecule has 9 aromatic carbocycles. The lowest BCUT2D eigenvalue weighted by atomic mass is 9.97. The molecule has 0 saturated carbocycles. The van der Waals surface area contributed by atoms with Gasteiger partial charge in [0, 0.05) is 43.8 Å². The van der Waals surface area contributed by atoms with Gasteiger partial charge in [0.1, 0.15) is 11.2 Å². The van der Waals surface area contributed by atoms with E-state index < -0.39 is 0 Å². The van der Waals surface area contributed by atoms with Gasteiger partial charge in [0.05, 0.1) is 11.4 Å². The maximum atomic E-state index is 6.87. The lowest BCUT2D eigenvalue weighted by Crippen LogP contribution is -1.96. The van der Waals surface area contributed by atoms with Gasteiger partial charge in [-0.15, -0.1) is 0 Å². The Morgan fingerprint density at radius 1 is 0.298 bits per heavy atom. The van der Waals surface area contributed by atoms with Crippen molar-refractivity contribution < 1.29 is 4.42 Å². The van der Waals surface area contributed by atoms with Crippen molar-refractivity contribution in [2.24, 2.45) is 0 Å². The van der Waals surface area contributed by atoms with E-state index in [0.717, 1.165) is 72.1 Å². The van der Waals surface area contributed by atoms with Gasteiger partial charge in [-0.1, -0.05) is 170 Å². The molecule has 1 aliphatic carbocycles. The van der Waals surface area contributed by atoms with E-state index in [9.17, 15) is 0 Å². The Balaban J connectivity index is 0.954. The van der Waals surface area contributed by atoms with Crippen molar-refractivity contribution >= 4 is 43.5 Å². The minimum Gasteiger partial charge on any atom is -0.455 e. The largest absolute Gasteiger partial charge is 0.455 e. The van der Waals surface area contributed by atoms with Crippen molar-refractivity contribution in [1.82, 2.24) is 9.97 Å². The zero-order chi connectivity index (χ0) is 37.5. The van der Waals surface area contributed by atoms with Crippen LogP contribution in [0.4, 0.5) is 0 Å². The summed E-state index contributed by atoms with van der Waals surface area (Å²) in [4.78, 5) is 10.3. The van der Waals surface area contributed by atoms with Crippen LogP contribution in [-0.2, 0) is 0 Å². The van der Waals surface area contributed by atoms with Crippen molar-refractivity contribution in [2.45, 2.75) is 0 Å². The van der Waals surface area contributed by atoms with Gasteiger partial charge in [-0.25, -0.2) is 9.97 Å². The van der Waals surface area contributed by atoms with E-state index in [1.807, 2.05) is 6.07 Å². The van der Waals surface area contributed by atoms with Gasteiger partial charge < -0.3 is 4.42 Å². The summed E-state index contributed by atoms with van der Waals surface area (Å²) in [7, 11) is 0. The van der Waals surface area contributed by atoms with Crippen LogP contribution in [0, 0.1) is 0 Å². The first kappa shape index (κ1) is 31.7. The zero-order valence-corrected chi connectivity index (χ0v) is 30.8. The molecule has 0 atom stereocenters. The summed E-state index contributed by atoms with van der Waals surface area (Å²) in [6.07, 6.45) is 0. The second-order valence-electron chi connectivity index (χ2n) is 14.9. The van der Waals surface area contributed by atoms with Gasteiger partial charge >= 0.3 is 0 Å². The smallest absolute Gasteiger partial charge is 0.160 e. The van der Waals surface area contributed by atoms with E-state index in [1.54, 1.807) is 0 Å². The van der Waals surface area contributed by atoms with Crippen molar-refractivity contribution in [3.05, 3.63) is 194 Å². The Morgan fingerprint density at radius 2 is 0.895 bits per heavy atom. The second kappa shape index (κ2) is 12.5. The van der Waals surface area contributed by atoms with Gasteiger partial charge in [0.2, 0.25) is 0 Å². The molecule has 0 N–H and O–H groups in total. The summed E-state index contributed by atoms with van der Waals surface area (Å²) in [6.45, 7) is 0. The minimum atomic E-state index is 0.681. The van der Waals surface area contributed by atoms with Crippen LogP contribution >= 0.6 is 0 Å². The Bertz CT molecular complexity index is 3400. The molecule has 2 aromatic heterocycles. The molecule has 0 aliphatic heterocycles. The Kier molecular flexibility index (Phi) is 6.93. The quantitative estimate of drug-likeness (QED) is 0.177. The minimum absolute atomic E-state index is 0.681. The van der Waals surface area contributed by atoms with E-state index >= 15 is 0 Å². The first-order valence-corrected chi connectivity index (χ1v) is 19.4. The summed E-state index contributed by atoms with van der Waals surface area (Å²) in [5, 5.41) is 7.15. The molecular formula is C54H32N2O. The third-order valence-corrected chi connectivity index (χ3v) is 11.6. The summed E-state index contributed by atoms with van der Waals surface area (Å²) < 4.78 is 6.87. The van der Waals surface area contributed by atoms with Gasteiger partial charge in [0.25, 0.3) is 0 Å². The van der Waals surface area contributed by atoms with Crippen molar-refractivity contribution in [3.63, 3.8) is 0 Å². The molecule has 0 unspecified atom stereocenters. The van der Waals surface area contributed by atoms with Crippen LogP contribution in [0.15, 0.2) is 199 Å². The first-order chi connectivity index (χ1) is 28.2. The number of para-hydroxylation sites is 1. The van der Waals surface area contributed by atoms with Crippen molar-refractivity contribution in [1.29, 1.82) is 0 Å². The molecule has 264 valence electrons. The topological polar surface area (TPSA) is 38.9 Å². The highest BCUT2D eigenvalue weighted by atomic mass is 16.3. The average Bonchev–Trinajstić information content (AvgIpc) is 3.83. The molecule has 0 saturated heterocycles. The summed E-state index contributed by atoms with van der Waals surface area (Å²) in [5.41, 5.74) is 16.2. The number of furan rings is 1. The number of hydrogen-bond donors (Lipinski definition) is 0. The third kappa shape index (κ3) is 5.06. The molecule has 2 heterocycles. The summed E-state index contributed by atoms with van der Waals surface area (Å²) in [5.74, 6) is 0.681. The molecule has 1 aliphatic rings. The maximum Gasteiger partial charge on any atom is 0.160 e. The van der Waals surface area contributed by atoms with E-state index in [0.29, 0.717) is 5.82 Å². The van der Waals surface area contributed by atoms with Crippen LogP contribution < -0.4 is 0 Å². The zero-order valence-electron chi connectivity index (χ0n) is 30.8. The Labute approximate surface area is 329 Å². The van der Waals surface area contributed by atoms with Crippen LogP contribution in [0.1, 0.15) is 0 Å². The SMILES string of the molecule is c1ccc(-c2cc(-c3cccc(-c4ccc5ccccc5c4)c3)nc(-c3ccc(-c4cccc5c4oc4c6cccc7c6c(cc54)-c4ccccc4-7)cc3)n2)cc1. The number of fused-ring (bicyclic) bond motifs is 8. The fraction of sp³-hybridized carbons (Fsp3) is 0. The molecule has 3 heteroatoms. The standard InChI is InChI=1S/C54H32N2O/c1-2-12-35(13-3-1)49-32-50(40-16-8-15-38(30-40)39-28-23-33-11-4-5-14-37(33)29-39)56-54(55-49)36-26-24-34(25-27-36)41-19-9-21-45-48-31-47-43-18-7-6-17-42(43)44-20-10-22-46(51(44)47)53(48)57-52(41)45/h1-32H. The molecule has 0 fully saturated rings. The van der Waals surface area contributed by atoms with Crippen molar-refractivity contribution in [2.75, 3.05) is 0 Å². The van der Waals surface area contributed by atoms with Crippen LogP contribution in [0.3, 0.4) is 0 Å². The van der Waals surface area contributed by atoms with Crippen molar-refractivity contribution in [3.8, 4) is 78.4 Å². The first-order valence-electron chi connectivity index (χ1n) is 19.4. The lowest BCUT2D eigenvalue weighted by Gasteiger charge is -2.11. The highest BCUT2D eigenvalue weighted by molar-refractivity contribution is 6.26. The summed E-state index contributed by atoms with van der Waals surface area (Å²) in [6, 6.07) is 68.9. The Morgan fingerprint density at radius 3 is 1.74 bits per heavy atom. The van der Waals surface area contributed by atoms with Crippen LogP contribution in [0.2, 0.25) is 0 Å². The maximum absolute atomic E-state index is 6.87. The summed E-state index contributed by atoms with van der Waals surface area (Å²) >= 11 is 0. The average molecular weight is 725 g/mol. The van der Waals surface area contributed by atoms with Gasteiger partial charge in [-0.3, -0.25) is 0 Å². The second-order valence-corrected chi connectivity index (χ2v) is 14.9. The van der Waals surface area contributed by atoms with E-state index in [1.165, 1.54) is 44.0 Å². The lowest BCUT2D eigenvalue weighted by molar-refractivity contribution is 0.674. The number of hydrogen-bond acceptors (Lipinski definition) is 3. The predicted molar refractivity (Wildman–Crippen MR) is 236 cm³/mol. The van der Waals surface area contributed by atoms with E-state index in [4.69, 9.17) is 14.4 Å². The molecule has 0 spiro atoms. The van der Waals surface area contributed by atoms with Gasteiger partial charge in [0.15, 0.2) is 5.82 Å². The molecule has 0 radical (unpaired) electrons. The normalized spacial score (nSPS) is 11.9. The molecule has 0 amide bonds. The highest BCUT2D eigenvalue weighted by Gasteiger charge is 2.25. The molecular weight excluding hydrogens is 693 g/mol. The number of aromatic nitrogens is 2. The molecule has 57 heavy (non-hydrogen) atoms. The van der Waals surface area contributed by atoms with Gasteiger partial charge in [-0.05, 0) is 74.0 Å². The fourth-order valence-corrected chi connectivity index (χ4v) is 8.85. The van der Waals surface area contributed by atoms with E-state index in [-0.39, 0.29) is 0 Å².